The highest BCUT2D eigenvalue weighted by atomic mass is 35.5. The number of carbonyl (C=O) groups is 1. The van der Waals surface area contributed by atoms with E-state index in [0.29, 0.717) is 11.5 Å². The fraction of sp³-hybridized carbons (Fsp3) is 0.577. The molecule has 0 spiro atoms. The molecule has 4 rings (SSSR count). The Balaban J connectivity index is 1.52. The van der Waals surface area contributed by atoms with Gasteiger partial charge in [-0.3, -0.25) is 4.79 Å². The summed E-state index contributed by atoms with van der Waals surface area (Å²) in [6.07, 6.45) is 0.510. The molecule has 208 valence electrons. The highest BCUT2D eigenvalue weighted by Crippen LogP contribution is 2.37. The van der Waals surface area contributed by atoms with Crippen molar-refractivity contribution in [2.24, 2.45) is 5.92 Å². The summed E-state index contributed by atoms with van der Waals surface area (Å²) in [5.74, 6) is 0.500. The third-order valence-electron chi connectivity index (χ3n) is 7.19. The van der Waals surface area contributed by atoms with Gasteiger partial charge in [-0.1, -0.05) is 30.9 Å². The molecule has 0 bridgehead atoms. The number of halogens is 4. The molecular weight excluding hydrogens is 523 g/mol. The van der Waals surface area contributed by atoms with Gasteiger partial charge in [0, 0.05) is 36.8 Å². The zero-order valence-corrected chi connectivity index (χ0v) is 22.2. The van der Waals surface area contributed by atoms with Crippen molar-refractivity contribution in [3.63, 3.8) is 0 Å². The number of carbonyl (C=O) groups excluding carboxylic acids is 1. The predicted octanol–water partition coefficient (Wildman–Crippen LogP) is 5.36. The second-order valence-corrected chi connectivity index (χ2v) is 10.1. The van der Waals surface area contributed by atoms with E-state index < -0.39 is 18.1 Å². The van der Waals surface area contributed by atoms with Crippen LogP contribution >= 0.6 is 11.6 Å². The average Bonchev–Trinajstić information content (AvgIpc) is 2.91. The van der Waals surface area contributed by atoms with Crippen molar-refractivity contribution in [1.82, 2.24) is 15.3 Å². The number of hydrogen-bond donors (Lipinski definition) is 2. The molecule has 1 aliphatic carbocycles. The molecule has 1 amide bonds. The van der Waals surface area contributed by atoms with Crippen molar-refractivity contribution in [3.05, 3.63) is 35.0 Å². The minimum Gasteiger partial charge on any atom is -0.497 e. The van der Waals surface area contributed by atoms with E-state index in [-0.39, 0.29) is 54.8 Å². The van der Waals surface area contributed by atoms with E-state index in [1.807, 2.05) is 0 Å². The van der Waals surface area contributed by atoms with Crippen LogP contribution in [0.4, 0.5) is 24.9 Å². The molecule has 2 fully saturated rings. The summed E-state index contributed by atoms with van der Waals surface area (Å²) in [6.45, 7) is 0.129. The number of ether oxygens (including phenoxy) is 2. The first-order chi connectivity index (χ1) is 18.2. The zero-order valence-electron chi connectivity index (χ0n) is 21.5. The zero-order chi connectivity index (χ0) is 27.3. The monoisotopic (exact) mass is 555 g/mol. The van der Waals surface area contributed by atoms with Gasteiger partial charge in [-0.15, -0.1) is 0 Å². The minimum atomic E-state index is -4.49. The third-order valence-corrected chi connectivity index (χ3v) is 7.38. The predicted molar refractivity (Wildman–Crippen MR) is 139 cm³/mol. The number of amides is 1. The van der Waals surface area contributed by atoms with Gasteiger partial charge in [-0.05, 0) is 37.8 Å². The third kappa shape index (κ3) is 6.92. The summed E-state index contributed by atoms with van der Waals surface area (Å²) in [5.41, 5.74) is 0.768. The van der Waals surface area contributed by atoms with Gasteiger partial charge in [0.05, 0.1) is 20.1 Å². The second-order valence-electron chi connectivity index (χ2n) is 9.73. The number of rotatable bonds is 8. The summed E-state index contributed by atoms with van der Waals surface area (Å²) in [5, 5.41) is 6.07. The van der Waals surface area contributed by atoms with E-state index >= 15 is 0 Å². The number of nitrogens with one attached hydrogen (secondary N) is 2. The lowest BCUT2D eigenvalue weighted by Gasteiger charge is -2.41. The second kappa shape index (κ2) is 12.3. The molecule has 8 nitrogen and oxygen atoms in total. The molecule has 38 heavy (non-hydrogen) atoms. The van der Waals surface area contributed by atoms with Gasteiger partial charge in [0.1, 0.15) is 28.5 Å². The Morgan fingerprint density at radius 3 is 2.53 bits per heavy atom. The smallest absolute Gasteiger partial charge is 0.408 e. The van der Waals surface area contributed by atoms with Crippen molar-refractivity contribution in [3.8, 4) is 11.5 Å². The largest absolute Gasteiger partial charge is 0.497 e. The first kappa shape index (κ1) is 28.1. The van der Waals surface area contributed by atoms with Crippen LogP contribution in [-0.4, -0.2) is 54.9 Å². The Kier molecular flexibility index (Phi) is 9.07. The number of anilines is 2. The quantitative estimate of drug-likeness (QED) is 0.424. The first-order valence-electron chi connectivity index (χ1n) is 12.8. The van der Waals surface area contributed by atoms with Crippen molar-refractivity contribution in [1.29, 1.82) is 0 Å². The number of nitrogens with zero attached hydrogens (tertiary/aromatic N) is 3. The molecule has 2 aromatic rings. The van der Waals surface area contributed by atoms with Gasteiger partial charge >= 0.3 is 6.18 Å². The lowest BCUT2D eigenvalue weighted by Crippen LogP contribution is -2.55. The summed E-state index contributed by atoms with van der Waals surface area (Å²) in [7, 11) is 3.08. The summed E-state index contributed by atoms with van der Waals surface area (Å²) in [6, 6.07) is 4.91. The van der Waals surface area contributed by atoms with Crippen molar-refractivity contribution < 1.29 is 27.4 Å². The minimum absolute atomic E-state index is 0.00565. The topological polar surface area (TPSA) is 88.6 Å². The van der Waals surface area contributed by atoms with E-state index in [0.717, 1.165) is 42.6 Å². The van der Waals surface area contributed by atoms with Crippen LogP contribution in [0, 0.1) is 5.92 Å². The summed E-state index contributed by atoms with van der Waals surface area (Å²) >= 11 is 6.22. The van der Waals surface area contributed by atoms with Gasteiger partial charge < -0.3 is 25.0 Å². The van der Waals surface area contributed by atoms with E-state index in [1.54, 1.807) is 25.3 Å². The van der Waals surface area contributed by atoms with Crippen LogP contribution in [-0.2, 0) is 11.3 Å². The summed E-state index contributed by atoms with van der Waals surface area (Å²) in [4.78, 5) is 22.6. The van der Waals surface area contributed by atoms with Gasteiger partial charge in [0.15, 0.2) is 0 Å². The maximum absolute atomic E-state index is 14.0. The number of alkyl halides is 3. The van der Waals surface area contributed by atoms with E-state index in [2.05, 4.69) is 20.6 Å². The van der Waals surface area contributed by atoms with Crippen LogP contribution in [0.5, 0.6) is 11.5 Å². The molecule has 1 aliphatic heterocycles. The molecule has 1 aromatic carbocycles. The molecule has 2 aliphatic rings. The molecule has 2 unspecified atom stereocenters. The molecule has 12 heteroatoms. The maximum Gasteiger partial charge on any atom is 0.408 e. The van der Waals surface area contributed by atoms with Crippen molar-refractivity contribution in [2.45, 2.75) is 69.8 Å². The van der Waals surface area contributed by atoms with Gasteiger partial charge in [0.2, 0.25) is 11.9 Å². The Morgan fingerprint density at radius 1 is 1.08 bits per heavy atom. The summed E-state index contributed by atoms with van der Waals surface area (Å²) < 4.78 is 52.7. The van der Waals surface area contributed by atoms with Crippen LogP contribution < -0.4 is 25.0 Å². The number of methoxy groups -OCH3 is 2. The average molecular weight is 556 g/mol. The Morgan fingerprint density at radius 2 is 1.84 bits per heavy atom. The Labute approximate surface area is 225 Å². The van der Waals surface area contributed by atoms with Gasteiger partial charge in [-0.25, -0.2) is 4.98 Å². The molecule has 0 radical (unpaired) electrons. The number of piperidine rings is 1. The number of aromatic nitrogens is 2. The standard InChI is InChI=1S/C26H33ClF3N5O3/c1-37-19-10-8-16(20(12-19)38-2)14-31-25-33-22(27)13-23(34-25)35-15-17(9-11-21(35)26(28,29)30)24(36)32-18-6-4-3-5-7-18/h8,10,12-13,17-18,21H,3-7,9,11,14-15H2,1-2H3,(H,32,36)(H,31,33,34). The van der Waals surface area contributed by atoms with Crippen LogP contribution in [0.2, 0.25) is 5.15 Å². The number of benzene rings is 1. The van der Waals surface area contributed by atoms with Crippen LogP contribution in [0.15, 0.2) is 24.3 Å². The van der Waals surface area contributed by atoms with E-state index in [1.165, 1.54) is 13.2 Å². The van der Waals surface area contributed by atoms with Crippen molar-refractivity contribution in [2.75, 3.05) is 31.0 Å². The lowest BCUT2D eigenvalue weighted by atomic mass is 9.90. The molecule has 1 saturated heterocycles. The van der Waals surface area contributed by atoms with Crippen molar-refractivity contribution >= 4 is 29.3 Å². The maximum atomic E-state index is 14.0. The highest BCUT2D eigenvalue weighted by molar-refractivity contribution is 6.29. The van der Waals surface area contributed by atoms with E-state index in [9.17, 15) is 18.0 Å². The molecule has 2 atom stereocenters. The normalized spacial score (nSPS) is 20.6. The lowest BCUT2D eigenvalue weighted by molar-refractivity contribution is -0.156. The van der Waals surface area contributed by atoms with Gasteiger partial charge in [-0.2, -0.15) is 18.2 Å². The van der Waals surface area contributed by atoms with Crippen LogP contribution in [0.25, 0.3) is 0 Å². The molecular formula is C26H33ClF3N5O3. The Bertz CT molecular complexity index is 1110. The molecule has 1 saturated carbocycles. The molecule has 2 N–H and O–H groups in total. The van der Waals surface area contributed by atoms with E-state index in [4.69, 9.17) is 21.1 Å². The highest BCUT2D eigenvalue weighted by Gasteiger charge is 2.48. The molecule has 1 aromatic heterocycles. The first-order valence-corrected chi connectivity index (χ1v) is 13.2. The van der Waals surface area contributed by atoms with Crippen LogP contribution in [0.3, 0.4) is 0 Å². The van der Waals surface area contributed by atoms with Crippen LogP contribution in [0.1, 0.15) is 50.5 Å². The Hall–Kier alpha value is -2.95. The van der Waals surface area contributed by atoms with Gasteiger partial charge in [0.25, 0.3) is 0 Å². The fourth-order valence-corrected chi connectivity index (χ4v) is 5.33. The SMILES string of the molecule is COc1ccc(CNc2nc(Cl)cc(N3CC(C(=O)NC4CCCCC4)CCC3C(F)(F)F)n2)c(OC)c1. The number of hydrogen-bond acceptors (Lipinski definition) is 7. The fourth-order valence-electron chi connectivity index (χ4n) is 5.15. The molecule has 2 heterocycles.